The van der Waals surface area contributed by atoms with Crippen LogP contribution < -0.4 is 10.2 Å². The van der Waals surface area contributed by atoms with Gasteiger partial charge in [0.15, 0.2) is 11.7 Å². The molecule has 3 aromatic rings. The zero-order valence-electron chi connectivity index (χ0n) is 17.7. The van der Waals surface area contributed by atoms with Crippen molar-refractivity contribution in [3.63, 3.8) is 0 Å². The van der Waals surface area contributed by atoms with Crippen LogP contribution in [0.1, 0.15) is 33.9 Å². The van der Waals surface area contributed by atoms with Crippen molar-refractivity contribution in [3.8, 4) is 0 Å². The zero-order valence-corrected chi connectivity index (χ0v) is 19.3. The summed E-state index contributed by atoms with van der Waals surface area (Å²) in [5.41, 5.74) is 0.640. The first-order chi connectivity index (χ1) is 16.2. The van der Waals surface area contributed by atoms with Gasteiger partial charge in [-0.25, -0.2) is 9.07 Å². The molecule has 6 nitrogen and oxygen atoms in total. The van der Waals surface area contributed by atoms with Gasteiger partial charge < -0.3 is 15.1 Å². The number of alkyl halides is 3. The van der Waals surface area contributed by atoms with Crippen LogP contribution in [0.5, 0.6) is 0 Å². The van der Waals surface area contributed by atoms with Crippen molar-refractivity contribution >= 4 is 40.4 Å². The normalized spacial score (nSPS) is 20.7. The van der Waals surface area contributed by atoms with Gasteiger partial charge in [-0.1, -0.05) is 17.7 Å². The van der Waals surface area contributed by atoms with E-state index in [1.54, 1.807) is 29.6 Å². The van der Waals surface area contributed by atoms with Crippen molar-refractivity contribution in [2.24, 2.45) is 0 Å². The summed E-state index contributed by atoms with van der Waals surface area (Å²) < 4.78 is 55.7. The van der Waals surface area contributed by atoms with Gasteiger partial charge in [0.2, 0.25) is 0 Å². The number of hydrogen-bond donors (Lipinski definition) is 1. The Bertz CT molecular complexity index is 1170. The number of anilines is 2. The quantitative estimate of drug-likeness (QED) is 0.479. The minimum absolute atomic E-state index is 0.00180. The average molecular weight is 514 g/mol. The van der Waals surface area contributed by atoms with Crippen LogP contribution >= 0.6 is 22.9 Å². The van der Waals surface area contributed by atoms with Crippen LogP contribution in [-0.2, 0) is 0 Å². The smallest absolute Gasteiger partial charge is 0.368 e. The van der Waals surface area contributed by atoms with Crippen LogP contribution in [0.4, 0.5) is 29.1 Å². The van der Waals surface area contributed by atoms with Gasteiger partial charge in [0.05, 0.1) is 6.04 Å². The second-order valence-electron chi connectivity index (χ2n) is 8.22. The summed E-state index contributed by atoms with van der Waals surface area (Å²) in [6.45, 7) is 1.66. The molecule has 0 saturated carbocycles. The summed E-state index contributed by atoms with van der Waals surface area (Å²) in [6.07, 6.45) is -4.80. The highest BCUT2D eigenvalue weighted by Crippen LogP contribution is 2.47. The van der Waals surface area contributed by atoms with Gasteiger partial charge in [-0.05, 0) is 35.7 Å². The highest BCUT2D eigenvalue weighted by Gasteiger charge is 2.48. The first kappa shape index (κ1) is 23.0. The Kier molecular flexibility index (Phi) is 5.93. The maximum absolute atomic E-state index is 13.9. The number of hydrogen-bond acceptors (Lipinski definition) is 5. The molecule has 0 spiro atoms. The SMILES string of the molecule is O=C(c1nn2c(c1Cl)N[C@@H](c1cccs1)C[C@@H]2C(F)(F)F)N1CCN(c2ccc(F)cc2)CC1. The van der Waals surface area contributed by atoms with E-state index in [1.165, 1.54) is 28.4 Å². The lowest BCUT2D eigenvalue weighted by atomic mass is 10.0. The van der Waals surface area contributed by atoms with Gasteiger partial charge in [-0.3, -0.25) is 4.79 Å². The summed E-state index contributed by atoms with van der Waals surface area (Å²) in [6, 6.07) is 7.13. The molecule has 1 aromatic carbocycles. The fourth-order valence-corrected chi connectivity index (χ4v) is 5.42. The van der Waals surface area contributed by atoms with E-state index in [2.05, 4.69) is 10.4 Å². The molecule has 2 aliphatic heterocycles. The van der Waals surface area contributed by atoms with E-state index in [4.69, 9.17) is 11.6 Å². The Hall–Kier alpha value is -2.79. The lowest BCUT2D eigenvalue weighted by molar-refractivity contribution is -0.173. The number of fused-ring (bicyclic) bond motifs is 1. The number of nitrogens with zero attached hydrogens (tertiary/aromatic N) is 4. The molecule has 0 unspecified atom stereocenters. The number of halogens is 5. The molecule has 34 heavy (non-hydrogen) atoms. The van der Waals surface area contributed by atoms with Crippen LogP contribution in [0.2, 0.25) is 5.02 Å². The highest BCUT2D eigenvalue weighted by molar-refractivity contribution is 7.10. The van der Waals surface area contributed by atoms with Crippen molar-refractivity contribution in [2.45, 2.75) is 24.7 Å². The lowest BCUT2D eigenvalue weighted by Gasteiger charge is -2.35. The molecule has 1 amide bonds. The molecule has 0 radical (unpaired) electrons. The zero-order chi connectivity index (χ0) is 24.0. The fourth-order valence-electron chi connectivity index (χ4n) is 4.37. The number of amides is 1. The summed E-state index contributed by atoms with van der Waals surface area (Å²) in [7, 11) is 0. The third-order valence-corrected chi connectivity index (χ3v) is 7.49. The first-order valence-electron chi connectivity index (χ1n) is 10.7. The molecule has 1 fully saturated rings. The molecule has 0 aliphatic carbocycles. The lowest BCUT2D eigenvalue weighted by Crippen LogP contribution is -2.49. The molecule has 12 heteroatoms. The largest absolute Gasteiger partial charge is 0.410 e. The third-order valence-electron chi connectivity index (χ3n) is 6.14. The summed E-state index contributed by atoms with van der Waals surface area (Å²) in [5.74, 6) is -0.842. The summed E-state index contributed by atoms with van der Waals surface area (Å²) >= 11 is 7.79. The van der Waals surface area contributed by atoms with E-state index in [-0.39, 0.29) is 28.8 Å². The van der Waals surface area contributed by atoms with Crippen molar-refractivity contribution < 1.29 is 22.4 Å². The van der Waals surface area contributed by atoms with Gasteiger partial charge in [0.1, 0.15) is 16.7 Å². The van der Waals surface area contributed by atoms with Gasteiger partial charge in [-0.2, -0.15) is 18.3 Å². The highest BCUT2D eigenvalue weighted by atomic mass is 35.5. The molecule has 0 bridgehead atoms. The molecular formula is C22H20ClF4N5OS. The van der Waals surface area contributed by atoms with Crippen LogP contribution in [0, 0.1) is 5.82 Å². The third kappa shape index (κ3) is 4.22. The number of benzene rings is 1. The van der Waals surface area contributed by atoms with E-state index in [9.17, 15) is 22.4 Å². The number of aromatic nitrogens is 2. The Morgan fingerprint density at radius 1 is 1.12 bits per heavy atom. The fraction of sp³-hybridized carbons (Fsp3) is 0.364. The second kappa shape index (κ2) is 8.77. The Morgan fingerprint density at radius 2 is 1.82 bits per heavy atom. The van der Waals surface area contributed by atoms with E-state index >= 15 is 0 Å². The van der Waals surface area contributed by atoms with Crippen LogP contribution in [0.15, 0.2) is 41.8 Å². The molecule has 180 valence electrons. The number of carbonyl (C=O) groups excluding carboxylic acids is 1. The van der Waals surface area contributed by atoms with Crippen molar-refractivity contribution in [2.75, 3.05) is 36.4 Å². The van der Waals surface area contributed by atoms with Crippen molar-refractivity contribution in [1.29, 1.82) is 0 Å². The van der Waals surface area contributed by atoms with E-state index in [0.717, 1.165) is 15.2 Å². The molecule has 1 saturated heterocycles. The Morgan fingerprint density at radius 3 is 2.44 bits per heavy atom. The van der Waals surface area contributed by atoms with E-state index < -0.39 is 24.2 Å². The predicted molar refractivity (Wildman–Crippen MR) is 122 cm³/mol. The molecule has 5 rings (SSSR count). The number of rotatable bonds is 3. The van der Waals surface area contributed by atoms with Gasteiger partial charge in [0, 0.05) is 43.2 Å². The molecule has 2 atom stereocenters. The predicted octanol–water partition coefficient (Wildman–Crippen LogP) is 5.36. The molecule has 4 heterocycles. The minimum Gasteiger partial charge on any atom is -0.368 e. The van der Waals surface area contributed by atoms with Gasteiger partial charge in [0.25, 0.3) is 5.91 Å². The molecular weight excluding hydrogens is 494 g/mol. The van der Waals surface area contributed by atoms with Crippen molar-refractivity contribution in [1.82, 2.24) is 14.7 Å². The number of thiophene rings is 1. The standard InChI is InChI=1S/C22H20ClF4N5OS/c23-18-19(21(33)31-9-7-30(8-10-31)14-5-3-13(24)4-6-14)29-32-17(22(25,26)27)12-15(28-20(18)32)16-2-1-11-34-16/h1-6,11,15,17,28H,7-10,12H2/t15-,17-/m1/s1. The number of carbonyl (C=O) groups is 1. The summed E-state index contributed by atoms with van der Waals surface area (Å²) in [5, 5.41) is 8.78. The maximum atomic E-state index is 13.9. The van der Waals surface area contributed by atoms with E-state index in [0.29, 0.717) is 26.2 Å². The van der Waals surface area contributed by atoms with Crippen LogP contribution in [0.25, 0.3) is 0 Å². The Labute approximate surface area is 201 Å². The molecule has 2 aromatic heterocycles. The summed E-state index contributed by atoms with van der Waals surface area (Å²) in [4.78, 5) is 17.5. The van der Waals surface area contributed by atoms with Crippen LogP contribution in [-0.4, -0.2) is 52.9 Å². The molecule has 1 N–H and O–H groups in total. The van der Waals surface area contributed by atoms with Crippen LogP contribution in [0.3, 0.4) is 0 Å². The average Bonchev–Trinajstić information content (AvgIpc) is 3.47. The number of nitrogens with one attached hydrogen (secondary N) is 1. The first-order valence-corrected chi connectivity index (χ1v) is 11.9. The minimum atomic E-state index is -4.55. The second-order valence-corrected chi connectivity index (χ2v) is 9.57. The number of piperazine rings is 1. The van der Waals surface area contributed by atoms with E-state index in [1.807, 2.05) is 4.90 Å². The Balaban J connectivity index is 1.37. The monoisotopic (exact) mass is 513 g/mol. The maximum Gasteiger partial charge on any atom is 0.410 e. The van der Waals surface area contributed by atoms with Crippen molar-refractivity contribution in [3.05, 3.63) is 63.2 Å². The topological polar surface area (TPSA) is 53.4 Å². The molecule has 2 aliphatic rings. The van der Waals surface area contributed by atoms with Gasteiger partial charge in [-0.15, -0.1) is 11.3 Å². The van der Waals surface area contributed by atoms with Gasteiger partial charge >= 0.3 is 6.18 Å².